The molecule has 0 amide bonds. The molecule has 1 heterocycles. The third kappa shape index (κ3) is 4.17. The van der Waals surface area contributed by atoms with Crippen LogP contribution in [0.4, 0.5) is 0 Å². The molecule has 0 spiro atoms. The van der Waals surface area contributed by atoms with Gasteiger partial charge in [0.1, 0.15) is 6.61 Å². The quantitative estimate of drug-likeness (QED) is 0.672. The van der Waals surface area contributed by atoms with Crippen LogP contribution in [0.25, 0.3) is 10.9 Å². The van der Waals surface area contributed by atoms with Gasteiger partial charge in [-0.15, -0.1) is 0 Å². The standard InChI is InChI=1S/C19H25ClN2O3/c1-22(2)7-8-24-9-10-25-18-12-16-14(11-17(18)23-3)19(20)13-5-4-6-15(13)21-16/h11-12H,4-10H2,1-3H3. The van der Waals surface area contributed by atoms with Gasteiger partial charge < -0.3 is 19.1 Å². The Bertz CT molecular complexity index is 749. The van der Waals surface area contributed by atoms with E-state index in [-0.39, 0.29) is 0 Å². The number of hydrogen-bond donors (Lipinski definition) is 0. The highest BCUT2D eigenvalue weighted by Crippen LogP contribution is 2.39. The molecule has 5 nitrogen and oxygen atoms in total. The molecule has 0 saturated carbocycles. The van der Waals surface area contributed by atoms with Crippen molar-refractivity contribution in [2.75, 3.05) is 47.6 Å². The van der Waals surface area contributed by atoms with Crippen molar-refractivity contribution < 1.29 is 14.2 Å². The molecule has 3 rings (SSSR count). The van der Waals surface area contributed by atoms with Crippen LogP contribution in [0.2, 0.25) is 5.02 Å². The molecule has 0 radical (unpaired) electrons. The third-order valence-electron chi connectivity index (χ3n) is 4.40. The summed E-state index contributed by atoms with van der Waals surface area (Å²) in [5.41, 5.74) is 3.15. The van der Waals surface area contributed by atoms with Crippen LogP contribution < -0.4 is 9.47 Å². The zero-order valence-corrected chi connectivity index (χ0v) is 15.9. The number of pyridine rings is 1. The zero-order valence-electron chi connectivity index (χ0n) is 15.1. The van der Waals surface area contributed by atoms with Gasteiger partial charge in [-0.2, -0.15) is 0 Å². The minimum atomic E-state index is 0.466. The second kappa shape index (κ2) is 8.21. The average molecular weight is 365 g/mol. The number of nitrogens with zero attached hydrogens (tertiary/aromatic N) is 2. The number of halogens is 1. The van der Waals surface area contributed by atoms with Crippen LogP contribution in [0.15, 0.2) is 12.1 Å². The molecular weight excluding hydrogens is 340 g/mol. The van der Waals surface area contributed by atoms with Gasteiger partial charge in [0.25, 0.3) is 0 Å². The first-order valence-electron chi connectivity index (χ1n) is 8.64. The summed E-state index contributed by atoms with van der Waals surface area (Å²) in [6.07, 6.45) is 3.11. The second-order valence-electron chi connectivity index (χ2n) is 6.49. The van der Waals surface area contributed by atoms with Gasteiger partial charge in [0.15, 0.2) is 11.5 Å². The minimum absolute atomic E-state index is 0.466. The molecule has 136 valence electrons. The first kappa shape index (κ1) is 18.2. The van der Waals surface area contributed by atoms with Crippen molar-refractivity contribution in [1.29, 1.82) is 0 Å². The highest BCUT2D eigenvalue weighted by molar-refractivity contribution is 6.36. The summed E-state index contributed by atoms with van der Waals surface area (Å²) in [6, 6.07) is 3.84. The number of hydrogen-bond acceptors (Lipinski definition) is 5. The van der Waals surface area contributed by atoms with Crippen molar-refractivity contribution in [2.24, 2.45) is 0 Å². The van der Waals surface area contributed by atoms with Crippen molar-refractivity contribution in [2.45, 2.75) is 19.3 Å². The summed E-state index contributed by atoms with van der Waals surface area (Å²) in [6.45, 7) is 2.59. The molecule has 0 saturated heterocycles. The van der Waals surface area contributed by atoms with Gasteiger partial charge in [0.2, 0.25) is 0 Å². The lowest BCUT2D eigenvalue weighted by molar-refractivity contribution is 0.0881. The normalized spacial score (nSPS) is 13.5. The average Bonchev–Trinajstić information content (AvgIpc) is 3.06. The molecule has 0 atom stereocenters. The summed E-state index contributed by atoms with van der Waals surface area (Å²) in [4.78, 5) is 6.86. The molecule has 0 aliphatic heterocycles. The summed E-state index contributed by atoms with van der Waals surface area (Å²) in [5.74, 6) is 1.34. The van der Waals surface area contributed by atoms with E-state index in [9.17, 15) is 0 Å². The highest BCUT2D eigenvalue weighted by Gasteiger charge is 2.20. The number of rotatable bonds is 8. The number of methoxy groups -OCH3 is 1. The number of aromatic nitrogens is 1. The number of likely N-dealkylation sites (N-methyl/N-ethyl adjacent to an activating group) is 1. The van der Waals surface area contributed by atoms with E-state index in [0.717, 1.165) is 47.4 Å². The third-order valence-corrected chi connectivity index (χ3v) is 4.83. The van der Waals surface area contributed by atoms with Crippen molar-refractivity contribution in [1.82, 2.24) is 9.88 Å². The van der Waals surface area contributed by atoms with Gasteiger partial charge in [0, 0.05) is 23.7 Å². The first-order chi connectivity index (χ1) is 12.1. The Kier molecular flexibility index (Phi) is 5.99. The van der Waals surface area contributed by atoms with Gasteiger partial charge in [-0.25, -0.2) is 0 Å². The first-order valence-corrected chi connectivity index (χ1v) is 9.02. The Hall–Kier alpha value is -1.56. The Morgan fingerprint density at radius 3 is 2.72 bits per heavy atom. The van der Waals surface area contributed by atoms with Crippen LogP contribution in [0.5, 0.6) is 11.5 Å². The monoisotopic (exact) mass is 364 g/mol. The second-order valence-corrected chi connectivity index (χ2v) is 6.87. The molecule has 0 N–H and O–H groups in total. The summed E-state index contributed by atoms with van der Waals surface area (Å²) >= 11 is 6.60. The highest BCUT2D eigenvalue weighted by atomic mass is 35.5. The van der Waals surface area contributed by atoms with Crippen LogP contribution >= 0.6 is 11.6 Å². The van der Waals surface area contributed by atoms with Crippen molar-refractivity contribution in [3.8, 4) is 11.5 Å². The van der Waals surface area contributed by atoms with Gasteiger partial charge >= 0.3 is 0 Å². The number of aryl methyl sites for hydroxylation is 1. The lowest BCUT2D eigenvalue weighted by atomic mass is 10.1. The molecule has 1 aliphatic rings. The SMILES string of the molecule is COc1cc2c(Cl)c3c(nc2cc1OCCOCCN(C)C)CCC3. The summed E-state index contributed by atoms with van der Waals surface area (Å²) < 4.78 is 16.9. The lowest BCUT2D eigenvalue weighted by Gasteiger charge is -2.14. The molecule has 1 aromatic heterocycles. The van der Waals surface area contributed by atoms with Crippen LogP contribution in [-0.2, 0) is 17.6 Å². The molecule has 1 aromatic carbocycles. The summed E-state index contributed by atoms with van der Waals surface area (Å²) in [5, 5.41) is 1.73. The van der Waals surface area contributed by atoms with E-state index in [2.05, 4.69) is 4.90 Å². The van der Waals surface area contributed by atoms with E-state index in [1.165, 1.54) is 5.56 Å². The molecule has 2 aromatic rings. The maximum Gasteiger partial charge on any atom is 0.163 e. The molecule has 6 heteroatoms. The predicted octanol–water partition coefficient (Wildman–Crippen LogP) is 3.34. The molecule has 0 bridgehead atoms. The van der Waals surface area contributed by atoms with Crippen LogP contribution in [0.3, 0.4) is 0 Å². The topological polar surface area (TPSA) is 43.8 Å². The predicted molar refractivity (Wildman–Crippen MR) is 100 cm³/mol. The Morgan fingerprint density at radius 1 is 1.12 bits per heavy atom. The van der Waals surface area contributed by atoms with Crippen molar-refractivity contribution in [3.05, 3.63) is 28.4 Å². The Balaban J connectivity index is 1.73. The van der Waals surface area contributed by atoms with E-state index in [1.807, 2.05) is 26.2 Å². The van der Waals surface area contributed by atoms with Crippen LogP contribution in [0, 0.1) is 0 Å². The van der Waals surface area contributed by atoms with E-state index < -0.39 is 0 Å². The molecule has 0 fully saturated rings. The van der Waals surface area contributed by atoms with Gasteiger partial charge in [0.05, 0.1) is 30.9 Å². The van der Waals surface area contributed by atoms with Crippen molar-refractivity contribution in [3.63, 3.8) is 0 Å². The number of benzene rings is 1. The smallest absolute Gasteiger partial charge is 0.163 e. The number of fused-ring (bicyclic) bond motifs is 2. The molecular formula is C19H25ClN2O3. The fourth-order valence-corrected chi connectivity index (χ4v) is 3.40. The Labute approximate surface area is 153 Å². The van der Waals surface area contributed by atoms with Gasteiger partial charge in [-0.05, 0) is 45.0 Å². The van der Waals surface area contributed by atoms with E-state index in [4.69, 9.17) is 30.8 Å². The largest absolute Gasteiger partial charge is 0.493 e. The zero-order chi connectivity index (χ0) is 17.8. The van der Waals surface area contributed by atoms with Gasteiger partial charge in [-0.3, -0.25) is 4.98 Å². The van der Waals surface area contributed by atoms with Crippen LogP contribution in [-0.4, -0.2) is 57.5 Å². The van der Waals surface area contributed by atoms with E-state index in [0.29, 0.717) is 31.3 Å². The van der Waals surface area contributed by atoms with Crippen LogP contribution in [0.1, 0.15) is 17.7 Å². The molecule has 25 heavy (non-hydrogen) atoms. The van der Waals surface area contributed by atoms with Crippen molar-refractivity contribution >= 4 is 22.5 Å². The molecule has 0 unspecified atom stereocenters. The molecule has 1 aliphatic carbocycles. The maximum absolute atomic E-state index is 6.60. The minimum Gasteiger partial charge on any atom is -0.493 e. The lowest BCUT2D eigenvalue weighted by Crippen LogP contribution is -2.19. The van der Waals surface area contributed by atoms with E-state index >= 15 is 0 Å². The van der Waals surface area contributed by atoms with Gasteiger partial charge in [-0.1, -0.05) is 11.6 Å². The van der Waals surface area contributed by atoms with E-state index in [1.54, 1.807) is 7.11 Å². The maximum atomic E-state index is 6.60. The fraction of sp³-hybridized carbons (Fsp3) is 0.526. The fourth-order valence-electron chi connectivity index (χ4n) is 3.05. The Morgan fingerprint density at radius 2 is 1.96 bits per heavy atom. The summed E-state index contributed by atoms with van der Waals surface area (Å²) in [7, 11) is 5.68. The number of ether oxygens (including phenoxy) is 3.